The molecule has 92 valence electrons. The van der Waals surface area contributed by atoms with Gasteiger partial charge in [0.25, 0.3) is 0 Å². The van der Waals surface area contributed by atoms with Gasteiger partial charge in [-0.3, -0.25) is 4.79 Å². The Bertz CT molecular complexity index is 431. The number of ketones is 1. The van der Waals surface area contributed by atoms with Crippen LogP contribution in [0.4, 0.5) is 13.2 Å². The molecule has 1 nitrogen and oxygen atoms in total. The number of benzene rings is 1. The summed E-state index contributed by atoms with van der Waals surface area (Å²) < 4.78 is 37.8. The molecule has 1 aromatic carbocycles. The molecule has 0 radical (unpaired) electrons. The molecule has 0 spiro atoms. The van der Waals surface area contributed by atoms with E-state index in [2.05, 4.69) is 0 Å². The van der Waals surface area contributed by atoms with Crippen molar-refractivity contribution in [1.29, 1.82) is 0 Å². The Morgan fingerprint density at radius 1 is 1.24 bits per heavy atom. The number of rotatable bonds is 3. The normalized spacial score (nSPS) is 12.4. The van der Waals surface area contributed by atoms with Gasteiger partial charge in [0.1, 0.15) is 0 Å². The van der Waals surface area contributed by atoms with Crippen LogP contribution in [0, 0.1) is 5.92 Å². The molecule has 0 bridgehead atoms. The summed E-state index contributed by atoms with van der Waals surface area (Å²) in [4.78, 5) is 11.3. The molecule has 1 rings (SSSR count). The zero-order chi connectivity index (χ0) is 13.1. The number of carbonyl (C=O) groups excluding carboxylic acids is 1. The number of carbonyl (C=O) groups is 1. The molecule has 0 unspecified atom stereocenters. The van der Waals surface area contributed by atoms with Gasteiger partial charge in [-0.15, -0.1) is 0 Å². The number of alkyl halides is 3. The maximum Gasteiger partial charge on any atom is 0.416 e. The fourth-order valence-electron chi connectivity index (χ4n) is 1.26. The fraction of sp³-hybridized carbons (Fsp3) is 0.308. The maximum absolute atomic E-state index is 12.6. The van der Waals surface area contributed by atoms with E-state index >= 15 is 0 Å². The minimum atomic E-state index is -4.40. The first-order chi connectivity index (χ1) is 7.82. The molecule has 0 saturated carbocycles. The van der Waals surface area contributed by atoms with Crippen LogP contribution < -0.4 is 0 Å². The first-order valence-corrected chi connectivity index (χ1v) is 5.20. The van der Waals surface area contributed by atoms with E-state index < -0.39 is 11.7 Å². The predicted molar refractivity (Wildman–Crippen MR) is 60.3 cm³/mol. The Hall–Kier alpha value is -1.58. The van der Waals surface area contributed by atoms with Gasteiger partial charge in [-0.05, 0) is 17.7 Å². The minimum absolute atomic E-state index is 0.00833. The zero-order valence-corrected chi connectivity index (χ0v) is 9.58. The average Bonchev–Trinajstić information content (AvgIpc) is 2.24. The Morgan fingerprint density at radius 2 is 1.82 bits per heavy atom. The zero-order valence-electron chi connectivity index (χ0n) is 9.58. The van der Waals surface area contributed by atoms with Gasteiger partial charge < -0.3 is 0 Å². The lowest BCUT2D eigenvalue weighted by Gasteiger charge is -2.09. The third-order valence-electron chi connectivity index (χ3n) is 2.26. The number of hydrogen-bond donors (Lipinski definition) is 0. The van der Waals surface area contributed by atoms with E-state index in [0.29, 0.717) is 0 Å². The maximum atomic E-state index is 12.6. The van der Waals surface area contributed by atoms with Crippen molar-refractivity contribution in [3.05, 3.63) is 41.5 Å². The molecule has 17 heavy (non-hydrogen) atoms. The molecule has 1 aromatic rings. The third kappa shape index (κ3) is 3.73. The lowest BCUT2D eigenvalue weighted by molar-refractivity contribution is -0.137. The minimum Gasteiger partial charge on any atom is -0.295 e. The highest BCUT2D eigenvalue weighted by molar-refractivity contribution is 5.95. The van der Waals surface area contributed by atoms with Crippen LogP contribution in [-0.2, 0) is 11.0 Å². The smallest absolute Gasteiger partial charge is 0.295 e. The van der Waals surface area contributed by atoms with Crippen LogP contribution in [0.15, 0.2) is 30.3 Å². The van der Waals surface area contributed by atoms with E-state index in [9.17, 15) is 18.0 Å². The topological polar surface area (TPSA) is 17.1 Å². The number of halogens is 3. The van der Waals surface area contributed by atoms with E-state index in [1.807, 2.05) is 0 Å². The Labute approximate surface area is 98.0 Å². The summed E-state index contributed by atoms with van der Waals surface area (Å²) in [6.45, 7) is 3.39. The van der Waals surface area contributed by atoms with Crippen molar-refractivity contribution >= 4 is 11.9 Å². The standard InChI is InChI=1S/C13H13F3O/c1-9(2)12(17)8-7-10-5-3-4-6-11(10)13(14,15)16/h3-9H,1-2H3. The van der Waals surface area contributed by atoms with Crippen LogP contribution in [0.2, 0.25) is 0 Å². The lowest BCUT2D eigenvalue weighted by atomic mass is 10.0. The second-order valence-corrected chi connectivity index (χ2v) is 3.98. The second-order valence-electron chi connectivity index (χ2n) is 3.98. The van der Waals surface area contributed by atoms with Crippen LogP contribution in [0.3, 0.4) is 0 Å². The third-order valence-corrected chi connectivity index (χ3v) is 2.26. The molecule has 0 aliphatic heterocycles. The van der Waals surface area contributed by atoms with Crippen molar-refractivity contribution in [3.63, 3.8) is 0 Å². The SMILES string of the molecule is CC(C)C(=O)C=Cc1ccccc1C(F)(F)F. The van der Waals surface area contributed by atoms with Crippen LogP contribution >= 0.6 is 0 Å². The highest BCUT2D eigenvalue weighted by Crippen LogP contribution is 2.32. The Morgan fingerprint density at radius 3 is 2.35 bits per heavy atom. The molecule has 0 aromatic heterocycles. The molecular formula is C13H13F3O. The highest BCUT2D eigenvalue weighted by Gasteiger charge is 2.32. The molecule has 0 amide bonds. The van der Waals surface area contributed by atoms with Crippen molar-refractivity contribution in [2.24, 2.45) is 5.92 Å². The van der Waals surface area contributed by atoms with Gasteiger partial charge in [0.05, 0.1) is 5.56 Å². The molecule has 4 heteroatoms. The summed E-state index contributed by atoms with van der Waals surface area (Å²) in [5.74, 6) is -0.411. The average molecular weight is 242 g/mol. The predicted octanol–water partition coefficient (Wildman–Crippen LogP) is 3.94. The monoisotopic (exact) mass is 242 g/mol. The molecule has 0 N–H and O–H groups in total. The van der Waals surface area contributed by atoms with Crippen molar-refractivity contribution in [3.8, 4) is 0 Å². The summed E-state index contributed by atoms with van der Waals surface area (Å²) in [7, 11) is 0. The summed E-state index contributed by atoms with van der Waals surface area (Å²) in [5.41, 5.74) is -0.721. The van der Waals surface area contributed by atoms with Gasteiger partial charge >= 0.3 is 6.18 Å². The molecule has 0 saturated heterocycles. The van der Waals surface area contributed by atoms with Gasteiger partial charge in [-0.25, -0.2) is 0 Å². The first kappa shape index (κ1) is 13.5. The lowest BCUT2D eigenvalue weighted by Crippen LogP contribution is -2.07. The van der Waals surface area contributed by atoms with Gasteiger partial charge in [-0.1, -0.05) is 38.1 Å². The van der Waals surface area contributed by atoms with E-state index in [4.69, 9.17) is 0 Å². The molecule has 0 aliphatic carbocycles. The largest absolute Gasteiger partial charge is 0.416 e. The van der Waals surface area contributed by atoms with Crippen LogP contribution in [-0.4, -0.2) is 5.78 Å². The van der Waals surface area contributed by atoms with Crippen molar-refractivity contribution in [2.45, 2.75) is 20.0 Å². The summed E-state index contributed by atoms with van der Waals surface area (Å²) in [5, 5.41) is 0. The van der Waals surface area contributed by atoms with E-state index in [1.165, 1.54) is 30.4 Å². The number of hydrogen-bond acceptors (Lipinski definition) is 1. The molecular weight excluding hydrogens is 229 g/mol. The van der Waals surface area contributed by atoms with Crippen molar-refractivity contribution < 1.29 is 18.0 Å². The van der Waals surface area contributed by atoms with Gasteiger partial charge in [0.15, 0.2) is 5.78 Å². The Balaban J connectivity index is 3.04. The van der Waals surface area contributed by atoms with E-state index in [-0.39, 0.29) is 17.3 Å². The highest BCUT2D eigenvalue weighted by atomic mass is 19.4. The van der Waals surface area contributed by atoms with E-state index in [1.54, 1.807) is 13.8 Å². The van der Waals surface area contributed by atoms with Gasteiger partial charge in [0, 0.05) is 5.92 Å². The number of allylic oxidation sites excluding steroid dienone is 1. The quantitative estimate of drug-likeness (QED) is 0.733. The summed E-state index contributed by atoms with van der Waals surface area (Å²) in [6.07, 6.45) is -2.00. The molecule has 0 aliphatic rings. The molecule has 0 atom stereocenters. The van der Waals surface area contributed by atoms with Crippen LogP contribution in [0.1, 0.15) is 25.0 Å². The van der Waals surface area contributed by atoms with E-state index in [0.717, 1.165) is 6.07 Å². The second kappa shape index (κ2) is 5.17. The summed E-state index contributed by atoms with van der Waals surface area (Å²) >= 11 is 0. The van der Waals surface area contributed by atoms with Crippen LogP contribution in [0.5, 0.6) is 0 Å². The molecule has 0 heterocycles. The first-order valence-electron chi connectivity index (χ1n) is 5.20. The van der Waals surface area contributed by atoms with Crippen molar-refractivity contribution in [1.82, 2.24) is 0 Å². The van der Waals surface area contributed by atoms with Crippen LogP contribution in [0.25, 0.3) is 6.08 Å². The fourth-order valence-corrected chi connectivity index (χ4v) is 1.26. The Kier molecular flexibility index (Phi) is 4.10. The summed E-state index contributed by atoms with van der Waals surface area (Å²) in [6, 6.07) is 5.17. The van der Waals surface area contributed by atoms with Gasteiger partial charge in [-0.2, -0.15) is 13.2 Å². The van der Waals surface area contributed by atoms with Crippen molar-refractivity contribution in [2.75, 3.05) is 0 Å². The molecule has 0 fully saturated rings. The van der Waals surface area contributed by atoms with Gasteiger partial charge in [0.2, 0.25) is 0 Å².